The van der Waals surface area contributed by atoms with E-state index in [1.165, 1.54) is 18.2 Å². The lowest BCUT2D eigenvalue weighted by Crippen LogP contribution is -2.30. The molecular formula is C18H16Cl3NO4. The summed E-state index contributed by atoms with van der Waals surface area (Å²) in [4.78, 5) is 24.1. The molecule has 0 saturated carbocycles. The van der Waals surface area contributed by atoms with Gasteiger partial charge in [-0.2, -0.15) is 0 Å². The lowest BCUT2D eigenvalue weighted by molar-refractivity contribution is -0.122. The Labute approximate surface area is 166 Å². The number of carbonyl (C=O) groups is 2. The summed E-state index contributed by atoms with van der Waals surface area (Å²) < 4.78 is 10.5. The summed E-state index contributed by atoms with van der Waals surface area (Å²) in [7, 11) is 0. The molecule has 0 aromatic heterocycles. The fourth-order valence-electron chi connectivity index (χ4n) is 2.02. The Bertz CT molecular complexity index is 826. The Morgan fingerprint density at radius 1 is 1.08 bits per heavy atom. The SMILES string of the molecule is CCOC(=O)c1cccc(NC(=O)C(C)Oc2cc(Cl)c(Cl)cc2Cl)c1. The highest BCUT2D eigenvalue weighted by atomic mass is 35.5. The molecule has 5 nitrogen and oxygen atoms in total. The van der Waals surface area contributed by atoms with Crippen molar-refractivity contribution < 1.29 is 19.1 Å². The van der Waals surface area contributed by atoms with Gasteiger partial charge in [-0.05, 0) is 38.1 Å². The van der Waals surface area contributed by atoms with Crippen LogP contribution in [0, 0.1) is 0 Å². The molecule has 0 bridgehead atoms. The van der Waals surface area contributed by atoms with Gasteiger partial charge in [0, 0.05) is 11.8 Å². The van der Waals surface area contributed by atoms with Gasteiger partial charge in [0.25, 0.3) is 5.91 Å². The fraction of sp³-hybridized carbons (Fsp3) is 0.222. The van der Waals surface area contributed by atoms with E-state index in [0.717, 1.165) is 0 Å². The molecule has 0 fully saturated rings. The minimum absolute atomic E-state index is 0.239. The second-order valence-electron chi connectivity index (χ2n) is 5.25. The molecule has 1 unspecified atom stereocenters. The first-order chi connectivity index (χ1) is 12.3. The second kappa shape index (κ2) is 9.12. The van der Waals surface area contributed by atoms with Crippen LogP contribution in [0.5, 0.6) is 5.75 Å². The number of carbonyl (C=O) groups excluding carboxylic acids is 2. The van der Waals surface area contributed by atoms with E-state index < -0.39 is 18.0 Å². The Balaban J connectivity index is 2.07. The summed E-state index contributed by atoms with van der Waals surface area (Å²) >= 11 is 17.8. The van der Waals surface area contributed by atoms with Gasteiger partial charge in [0.05, 0.1) is 27.2 Å². The number of rotatable bonds is 6. The van der Waals surface area contributed by atoms with Crippen molar-refractivity contribution in [3.05, 3.63) is 57.0 Å². The maximum absolute atomic E-state index is 12.3. The zero-order valence-electron chi connectivity index (χ0n) is 14.0. The summed E-state index contributed by atoms with van der Waals surface area (Å²) in [5, 5.41) is 3.46. The van der Waals surface area contributed by atoms with E-state index in [1.807, 2.05) is 0 Å². The molecule has 0 heterocycles. The van der Waals surface area contributed by atoms with Gasteiger partial charge in [-0.1, -0.05) is 40.9 Å². The number of anilines is 1. The number of halogens is 3. The minimum atomic E-state index is -0.865. The highest BCUT2D eigenvalue weighted by Gasteiger charge is 2.18. The number of hydrogen-bond acceptors (Lipinski definition) is 4. The van der Waals surface area contributed by atoms with Crippen LogP contribution in [-0.4, -0.2) is 24.6 Å². The third-order valence-corrected chi connectivity index (χ3v) is 4.31. The van der Waals surface area contributed by atoms with E-state index in [-0.39, 0.29) is 27.4 Å². The number of amides is 1. The normalized spacial score (nSPS) is 11.6. The topological polar surface area (TPSA) is 64.6 Å². The van der Waals surface area contributed by atoms with Gasteiger partial charge in [0.2, 0.25) is 0 Å². The standard InChI is InChI=1S/C18H16Cl3NO4/c1-3-25-18(24)11-5-4-6-12(7-11)22-17(23)10(2)26-16-9-14(20)13(19)8-15(16)21/h4-10H,3H2,1-2H3,(H,22,23). The van der Waals surface area contributed by atoms with Crippen molar-refractivity contribution >= 4 is 52.4 Å². The van der Waals surface area contributed by atoms with Crippen LogP contribution in [0.25, 0.3) is 0 Å². The second-order valence-corrected chi connectivity index (χ2v) is 6.47. The largest absolute Gasteiger partial charge is 0.479 e. The molecule has 8 heteroatoms. The number of esters is 1. The Morgan fingerprint density at radius 3 is 2.46 bits per heavy atom. The molecule has 0 spiro atoms. The summed E-state index contributed by atoms with van der Waals surface area (Å²) in [6.45, 7) is 3.55. The van der Waals surface area contributed by atoms with E-state index in [9.17, 15) is 9.59 Å². The summed E-state index contributed by atoms with van der Waals surface area (Å²) in [5.41, 5.74) is 0.780. The van der Waals surface area contributed by atoms with E-state index in [0.29, 0.717) is 11.3 Å². The first kappa shape index (κ1) is 20.4. The predicted octanol–water partition coefficient (Wildman–Crippen LogP) is 5.23. The lowest BCUT2D eigenvalue weighted by atomic mass is 10.2. The van der Waals surface area contributed by atoms with Crippen molar-refractivity contribution in [3.8, 4) is 5.75 Å². The summed E-state index contributed by atoms with van der Waals surface area (Å²) in [5.74, 6) is -0.646. The molecule has 2 aromatic rings. The zero-order chi connectivity index (χ0) is 19.3. The molecule has 2 aromatic carbocycles. The van der Waals surface area contributed by atoms with Gasteiger partial charge in [0.1, 0.15) is 5.75 Å². The summed E-state index contributed by atoms with van der Waals surface area (Å²) in [6, 6.07) is 9.30. The van der Waals surface area contributed by atoms with Gasteiger partial charge in [0.15, 0.2) is 6.10 Å². The molecule has 0 aliphatic carbocycles. The first-order valence-corrected chi connectivity index (χ1v) is 8.84. The lowest BCUT2D eigenvalue weighted by Gasteiger charge is -2.16. The van der Waals surface area contributed by atoms with Gasteiger partial charge in [-0.25, -0.2) is 4.79 Å². The molecule has 1 amide bonds. The highest BCUT2D eigenvalue weighted by molar-refractivity contribution is 6.43. The minimum Gasteiger partial charge on any atom is -0.479 e. The average molecular weight is 417 g/mol. The predicted molar refractivity (Wildman–Crippen MR) is 103 cm³/mol. The van der Waals surface area contributed by atoms with Crippen molar-refractivity contribution in [1.29, 1.82) is 0 Å². The quantitative estimate of drug-likeness (QED) is 0.517. The van der Waals surface area contributed by atoms with Crippen molar-refractivity contribution in [2.45, 2.75) is 20.0 Å². The Hall–Kier alpha value is -1.95. The molecule has 2 rings (SSSR count). The van der Waals surface area contributed by atoms with Crippen molar-refractivity contribution in [1.82, 2.24) is 0 Å². The van der Waals surface area contributed by atoms with E-state index >= 15 is 0 Å². The van der Waals surface area contributed by atoms with E-state index in [1.54, 1.807) is 32.0 Å². The van der Waals surface area contributed by atoms with Crippen LogP contribution >= 0.6 is 34.8 Å². The van der Waals surface area contributed by atoms with Crippen molar-refractivity contribution in [3.63, 3.8) is 0 Å². The molecule has 0 aliphatic heterocycles. The smallest absolute Gasteiger partial charge is 0.338 e. The van der Waals surface area contributed by atoms with Crippen LogP contribution in [-0.2, 0) is 9.53 Å². The molecule has 0 aliphatic rings. The van der Waals surface area contributed by atoms with E-state index in [4.69, 9.17) is 44.3 Å². The van der Waals surface area contributed by atoms with Crippen LogP contribution in [0.3, 0.4) is 0 Å². The monoisotopic (exact) mass is 415 g/mol. The van der Waals surface area contributed by atoms with E-state index in [2.05, 4.69) is 5.32 Å². The first-order valence-electron chi connectivity index (χ1n) is 7.71. The molecule has 138 valence electrons. The van der Waals surface area contributed by atoms with Gasteiger partial charge in [-0.3, -0.25) is 4.79 Å². The van der Waals surface area contributed by atoms with Crippen LogP contribution in [0.1, 0.15) is 24.2 Å². The van der Waals surface area contributed by atoms with Crippen LogP contribution in [0.15, 0.2) is 36.4 Å². The molecule has 0 saturated heterocycles. The Morgan fingerprint density at radius 2 is 1.77 bits per heavy atom. The third-order valence-electron chi connectivity index (χ3n) is 3.29. The fourth-order valence-corrected chi connectivity index (χ4v) is 2.60. The average Bonchev–Trinajstić information content (AvgIpc) is 2.60. The van der Waals surface area contributed by atoms with Crippen LogP contribution < -0.4 is 10.1 Å². The maximum Gasteiger partial charge on any atom is 0.338 e. The zero-order valence-corrected chi connectivity index (χ0v) is 16.3. The molecular weight excluding hydrogens is 401 g/mol. The van der Waals surface area contributed by atoms with Gasteiger partial charge < -0.3 is 14.8 Å². The van der Waals surface area contributed by atoms with Crippen molar-refractivity contribution in [2.24, 2.45) is 0 Å². The molecule has 26 heavy (non-hydrogen) atoms. The Kier molecular flexibility index (Phi) is 7.14. The maximum atomic E-state index is 12.3. The number of ether oxygens (including phenoxy) is 2. The number of benzene rings is 2. The highest BCUT2D eigenvalue weighted by Crippen LogP contribution is 2.34. The third kappa shape index (κ3) is 5.27. The van der Waals surface area contributed by atoms with Crippen LogP contribution in [0.2, 0.25) is 15.1 Å². The molecule has 1 N–H and O–H groups in total. The van der Waals surface area contributed by atoms with Crippen molar-refractivity contribution in [2.75, 3.05) is 11.9 Å². The van der Waals surface area contributed by atoms with Gasteiger partial charge >= 0.3 is 5.97 Å². The van der Waals surface area contributed by atoms with Crippen LogP contribution in [0.4, 0.5) is 5.69 Å². The number of hydrogen-bond donors (Lipinski definition) is 1. The summed E-state index contributed by atoms with van der Waals surface area (Å²) in [6.07, 6.45) is -0.865. The molecule has 1 atom stereocenters. The molecule has 0 radical (unpaired) electrons. The number of nitrogens with one attached hydrogen (secondary N) is 1. The van der Waals surface area contributed by atoms with Gasteiger partial charge in [-0.15, -0.1) is 0 Å².